The Morgan fingerprint density at radius 3 is 2.29 bits per heavy atom. The van der Waals surface area contributed by atoms with Gasteiger partial charge in [-0.05, 0) is 57.6 Å². The second kappa shape index (κ2) is 7.28. The molecule has 1 aliphatic carbocycles. The van der Waals surface area contributed by atoms with Crippen LogP contribution in [0.15, 0.2) is 24.3 Å². The van der Waals surface area contributed by atoms with Crippen LogP contribution in [0, 0.1) is 0 Å². The molecule has 2 rings (SSSR count). The molecule has 118 valence electrons. The molecule has 0 aromatic heterocycles. The number of aromatic hydroxyl groups is 1. The number of nitrogens with zero attached hydrogens (tertiary/aromatic N) is 1. The van der Waals surface area contributed by atoms with E-state index in [4.69, 9.17) is 0 Å². The van der Waals surface area contributed by atoms with Crippen LogP contribution in [0.4, 0.5) is 0 Å². The molecule has 2 N–H and O–H groups in total. The lowest BCUT2D eigenvalue weighted by molar-refractivity contribution is 0.0575. The van der Waals surface area contributed by atoms with Crippen molar-refractivity contribution >= 4 is 0 Å². The van der Waals surface area contributed by atoms with Gasteiger partial charge in [0.1, 0.15) is 5.75 Å². The van der Waals surface area contributed by atoms with Gasteiger partial charge in [0.05, 0.1) is 0 Å². The highest BCUT2D eigenvalue weighted by Gasteiger charge is 2.41. The van der Waals surface area contributed by atoms with Crippen LogP contribution in [0.1, 0.15) is 44.6 Å². The smallest absolute Gasteiger partial charge is 0.115 e. The first-order valence-corrected chi connectivity index (χ1v) is 8.27. The number of hydrogen-bond acceptors (Lipinski definition) is 3. The third-order valence-corrected chi connectivity index (χ3v) is 5.09. The van der Waals surface area contributed by atoms with E-state index in [0.717, 1.165) is 13.0 Å². The molecule has 0 amide bonds. The number of nitrogens with one attached hydrogen (secondary N) is 1. The van der Waals surface area contributed by atoms with Gasteiger partial charge < -0.3 is 15.3 Å². The lowest BCUT2D eigenvalue weighted by Gasteiger charge is -2.49. The topological polar surface area (TPSA) is 35.5 Å². The number of likely N-dealkylation sites (N-methyl/N-ethyl adjacent to an activating group) is 2. The largest absolute Gasteiger partial charge is 0.508 e. The maximum absolute atomic E-state index is 9.46. The summed E-state index contributed by atoms with van der Waals surface area (Å²) in [4.78, 5) is 2.44. The first-order valence-electron chi connectivity index (χ1n) is 8.27. The third kappa shape index (κ3) is 3.78. The van der Waals surface area contributed by atoms with E-state index in [1.807, 2.05) is 12.1 Å². The van der Waals surface area contributed by atoms with Crippen LogP contribution < -0.4 is 5.32 Å². The Labute approximate surface area is 129 Å². The molecule has 3 heteroatoms. The molecule has 1 aromatic rings. The minimum absolute atomic E-state index is 0.256. The van der Waals surface area contributed by atoms with Crippen LogP contribution in [0.5, 0.6) is 5.75 Å². The molecule has 0 radical (unpaired) electrons. The number of rotatable bonds is 6. The number of benzene rings is 1. The zero-order valence-corrected chi connectivity index (χ0v) is 13.7. The Morgan fingerprint density at radius 1 is 1.14 bits per heavy atom. The first kappa shape index (κ1) is 16.3. The van der Waals surface area contributed by atoms with Crippen LogP contribution >= 0.6 is 0 Å². The highest BCUT2D eigenvalue weighted by molar-refractivity contribution is 5.27. The molecular formula is C18H30N2O. The van der Waals surface area contributed by atoms with Gasteiger partial charge in [0.2, 0.25) is 0 Å². The molecule has 1 unspecified atom stereocenters. The molecule has 0 heterocycles. The Balaban J connectivity index is 2.20. The molecule has 1 aromatic carbocycles. The van der Waals surface area contributed by atoms with Gasteiger partial charge in [-0.15, -0.1) is 0 Å². The van der Waals surface area contributed by atoms with Crippen molar-refractivity contribution in [3.63, 3.8) is 0 Å². The van der Waals surface area contributed by atoms with Gasteiger partial charge >= 0.3 is 0 Å². The summed E-state index contributed by atoms with van der Waals surface area (Å²) in [5.74, 6) is 0.346. The van der Waals surface area contributed by atoms with Crippen molar-refractivity contribution < 1.29 is 5.11 Å². The summed E-state index contributed by atoms with van der Waals surface area (Å²) in [7, 11) is 4.46. The van der Waals surface area contributed by atoms with Gasteiger partial charge in [-0.3, -0.25) is 0 Å². The molecule has 0 saturated heterocycles. The first-order chi connectivity index (χ1) is 10.1. The standard InChI is InChI=1S/C18H30N2O/c1-4-19-17(14-15-8-10-16(21)11-9-15)18(20(2)3)12-6-5-7-13-18/h8-11,17,19,21H,4-7,12-14H2,1-3H3. The van der Waals surface area contributed by atoms with Crippen LogP contribution in [0.2, 0.25) is 0 Å². The lowest BCUT2D eigenvalue weighted by atomic mass is 9.73. The van der Waals surface area contributed by atoms with Crippen LogP contribution in [0.3, 0.4) is 0 Å². The number of hydrogen-bond donors (Lipinski definition) is 2. The van der Waals surface area contributed by atoms with E-state index in [1.54, 1.807) is 12.1 Å². The maximum atomic E-state index is 9.46. The molecule has 1 saturated carbocycles. The summed E-state index contributed by atoms with van der Waals surface area (Å²) >= 11 is 0. The average molecular weight is 290 g/mol. The predicted octanol–water partition coefficient (Wildman–Crippen LogP) is 3.18. The third-order valence-electron chi connectivity index (χ3n) is 5.09. The molecule has 21 heavy (non-hydrogen) atoms. The van der Waals surface area contributed by atoms with E-state index in [0.29, 0.717) is 11.8 Å². The zero-order valence-electron chi connectivity index (χ0n) is 13.7. The molecule has 1 aliphatic rings. The number of phenols is 1. The molecule has 0 spiro atoms. The predicted molar refractivity (Wildman–Crippen MR) is 88.8 cm³/mol. The van der Waals surface area contributed by atoms with E-state index in [9.17, 15) is 5.11 Å². The summed E-state index contributed by atoms with van der Waals surface area (Å²) in [6.07, 6.45) is 7.59. The van der Waals surface area contributed by atoms with E-state index in [2.05, 4.69) is 31.2 Å². The van der Waals surface area contributed by atoms with Crippen LogP contribution in [0.25, 0.3) is 0 Å². The van der Waals surface area contributed by atoms with E-state index in [1.165, 1.54) is 37.7 Å². The molecule has 1 atom stereocenters. The average Bonchev–Trinajstić information content (AvgIpc) is 2.49. The quantitative estimate of drug-likeness (QED) is 0.844. The fourth-order valence-corrected chi connectivity index (χ4v) is 3.84. The van der Waals surface area contributed by atoms with Crippen molar-refractivity contribution in [1.29, 1.82) is 0 Å². The van der Waals surface area contributed by atoms with Crippen molar-refractivity contribution in [2.24, 2.45) is 0 Å². The monoisotopic (exact) mass is 290 g/mol. The summed E-state index contributed by atoms with van der Waals surface area (Å²) in [6.45, 7) is 3.19. The minimum Gasteiger partial charge on any atom is -0.508 e. The molecule has 3 nitrogen and oxygen atoms in total. The highest BCUT2D eigenvalue weighted by Crippen LogP contribution is 2.36. The van der Waals surface area contributed by atoms with Crippen LogP contribution in [-0.4, -0.2) is 42.2 Å². The minimum atomic E-state index is 0.256. The maximum Gasteiger partial charge on any atom is 0.115 e. The van der Waals surface area contributed by atoms with Gasteiger partial charge in [-0.25, -0.2) is 0 Å². The normalized spacial score (nSPS) is 19.6. The number of phenolic OH excluding ortho intramolecular Hbond substituents is 1. The Morgan fingerprint density at radius 2 is 1.76 bits per heavy atom. The van der Waals surface area contributed by atoms with Gasteiger partial charge in [0, 0.05) is 11.6 Å². The summed E-state index contributed by atoms with van der Waals surface area (Å²) in [6, 6.07) is 8.14. The lowest BCUT2D eigenvalue weighted by Crippen LogP contribution is -2.60. The van der Waals surface area contributed by atoms with Crippen molar-refractivity contribution in [1.82, 2.24) is 10.2 Å². The van der Waals surface area contributed by atoms with E-state index >= 15 is 0 Å². The highest BCUT2D eigenvalue weighted by atomic mass is 16.3. The van der Waals surface area contributed by atoms with E-state index in [-0.39, 0.29) is 5.54 Å². The SMILES string of the molecule is CCNC(Cc1ccc(O)cc1)C1(N(C)C)CCCCC1. The van der Waals surface area contributed by atoms with Crippen molar-refractivity contribution in [3.8, 4) is 5.75 Å². The summed E-state index contributed by atoms with van der Waals surface area (Å²) in [5.41, 5.74) is 1.55. The van der Waals surface area contributed by atoms with E-state index < -0.39 is 0 Å². The molecule has 1 fully saturated rings. The fourth-order valence-electron chi connectivity index (χ4n) is 3.84. The summed E-state index contributed by atoms with van der Waals surface area (Å²) < 4.78 is 0. The molecular weight excluding hydrogens is 260 g/mol. The van der Waals surface area contributed by atoms with Gasteiger partial charge in [-0.2, -0.15) is 0 Å². The zero-order chi connectivity index (χ0) is 15.3. The fraction of sp³-hybridized carbons (Fsp3) is 0.667. The van der Waals surface area contributed by atoms with Crippen LogP contribution in [-0.2, 0) is 6.42 Å². The van der Waals surface area contributed by atoms with Gasteiger partial charge in [-0.1, -0.05) is 38.3 Å². The molecule has 0 bridgehead atoms. The van der Waals surface area contributed by atoms with Gasteiger partial charge in [0.25, 0.3) is 0 Å². The Hall–Kier alpha value is -1.06. The Bertz CT molecular complexity index is 421. The second-order valence-electron chi connectivity index (χ2n) is 6.54. The van der Waals surface area contributed by atoms with Gasteiger partial charge in [0.15, 0.2) is 0 Å². The Kier molecular flexibility index (Phi) is 5.65. The van der Waals surface area contributed by atoms with Crippen molar-refractivity contribution in [3.05, 3.63) is 29.8 Å². The van der Waals surface area contributed by atoms with Crippen molar-refractivity contribution in [2.45, 2.75) is 57.0 Å². The second-order valence-corrected chi connectivity index (χ2v) is 6.54. The summed E-state index contributed by atoms with van der Waals surface area (Å²) in [5, 5.41) is 13.2. The molecule has 0 aliphatic heterocycles. The van der Waals surface area contributed by atoms with Crippen molar-refractivity contribution in [2.75, 3.05) is 20.6 Å².